The van der Waals surface area contributed by atoms with E-state index in [1.807, 2.05) is 24.3 Å². The number of hydrogen-bond donors (Lipinski definition) is 1. The average molecular weight is 361 g/mol. The van der Waals surface area contributed by atoms with Crippen LogP contribution >= 0.6 is 23.4 Å². The third-order valence-corrected chi connectivity index (χ3v) is 5.54. The molecule has 0 spiro atoms. The van der Waals surface area contributed by atoms with Crippen molar-refractivity contribution in [1.29, 1.82) is 0 Å². The largest absolute Gasteiger partial charge is 0.381 e. The highest BCUT2D eigenvalue weighted by atomic mass is 35.5. The molecular weight excluding hydrogens is 340 g/mol. The van der Waals surface area contributed by atoms with Gasteiger partial charge in [-0.2, -0.15) is 0 Å². The minimum absolute atomic E-state index is 0.458. The number of nitrogens with zero attached hydrogens (tertiary/aromatic N) is 1. The highest BCUT2D eigenvalue weighted by Crippen LogP contribution is 2.34. The third kappa shape index (κ3) is 4.76. The number of nitrogens with one attached hydrogen (secondary N) is 1. The summed E-state index contributed by atoms with van der Waals surface area (Å²) < 4.78 is 0. The average Bonchev–Trinajstić information content (AvgIpc) is 2.61. The topological polar surface area (TPSA) is 32.3 Å². The molecule has 2 aromatic rings. The van der Waals surface area contributed by atoms with Gasteiger partial charge in [-0.25, -0.2) is 0 Å². The number of halogens is 1. The van der Waals surface area contributed by atoms with E-state index in [9.17, 15) is 4.79 Å². The van der Waals surface area contributed by atoms with Crippen LogP contribution in [0, 0.1) is 0 Å². The number of piperidine rings is 1. The summed E-state index contributed by atoms with van der Waals surface area (Å²) in [6.45, 7) is 2.50. The Morgan fingerprint density at radius 1 is 1.12 bits per heavy atom. The van der Waals surface area contributed by atoms with E-state index in [0.717, 1.165) is 37.2 Å². The molecular formula is C19H21ClN2OS. The molecule has 0 aliphatic carbocycles. The molecule has 3 rings (SSSR count). The van der Waals surface area contributed by atoms with Gasteiger partial charge in [-0.3, -0.25) is 4.90 Å². The van der Waals surface area contributed by atoms with Crippen LogP contribution in [0.5, 0.6) is 0 Å². The van der Waals surface area contributed by atoms with Crippen molar-refractivity contribution in [3.8, 4) is 0 Å². The van der Waals surface area contributed by atoms with Crippen molar-refractivity contribution in [1.82, 2.24) is 4.90 Å². The van der Waals surface area contributed by atoms with Crippen LogP contribution in [0.4, 0.5) is 5.69 Å². The predicted octanol–water partition coefficient (Wildman–Crippen LogP) is 4.57. The monoisotopic (exact) mass is 360 g/mol. The number of likely N-dealkylation sites (tertiary alicyclic amines) is 1. The second-order valence-electron chi connectivity index (χ2n) is 5.94. The Morgan fingerprint density at radius 2 is 1.83 bits per heavy atom. The highest BCUT2D eigenvalue weighted by Gasteiger charge is 2.19. The van der Waals surface area contributed by atoms with Gasteiger partial charge in [0.25, 0.3) is 0 Å². The first-order valence-corrected chi connectivity index (χ1v) is 9.39. The molecule has 3 nitrogen and oxygen atoms in total. The van der Waals surface area contributed by atoms with Gasteiger partial charge in [-0.05, 0) is 49.2 Å². The number of aldehydes is 1. The van der Waals surface area contributed by atoms with Crippen molar-refractivity contribution in [3.63, 3.8) is 0 Å². The second-order valence-corrected chi connectivity index (χ2v) is 7.49. The molecule has 1 aliphatic heterocycles. The zero-order chi connectivity index (χ0) is 16.8. The van der Waals surface area contributed by atoms with Gasteiger partial charge in [0.2, 0.25) is 0 Å². The van der Waals surface area contributed by atoms with E-state index in [1.165, 1.54) is 15.5 Å². The number of carbonyl (C=O) groups is 1. The molecule has 5 heteroatoms. The number of hydrogen-bond acceptors (Lipinski definition) is 4. The summed E-state index contributed by atoms with van der Waals surface area (Å²) in [7, 11) is 0. The Morgan fingerprint density at radius 3 is 2.54 bits per heavy atom. The Labute approximate surface area is 152 Å². The smallest absolute Gasteiger partial charge is 0.133 e. The molecule has 0 amide bonds. The second kappa shape index (κ2) is 8.56. The van der Waals surface area contributed by atoms with Gasteiger partial charge in [0.1, 0.15) is 6.29 Å². The molecule has 0 radical (unpaired) electrons. The minimum atomic E-state index is 0.458. The molecule has 0 saturated carbocycles. The lowest BCUT2D eigenvalue weighted by Gasteiger charge is -2.32. The van der Waals surface area contributed by atoms with Gasteiger partial charge in [-0.15, -0.1) is 0 Å². The summed E-state index contributed by atoms with van der Waals surface area (Å²) in [6, 6.07) is 16.8. The van der Waals surface area contributed by atoms with Crippen molar-refractivity contribution in [2.75, 3.05) is 25.0 Å². The first kappa shape index (κ1) is 17.3. The minimum Gasteiger partial charge on any atom is -0.381 e. The Hall–Kier alpha value is -1.49. The molecule has 1 saturated heterocycles. The normalized spacial score (nSPS) is 16.0. The van der Waals surface area contributed by atoms with Crippen molar-refractivity contribution in [3.05, 3.63) is 53.6 Å². The molecule has 1 heterocycles. The summed E-state index contributed by atoms with van der Waals surface area (Å²) in [5, 5.41) is 4.44. The fourth-order valence-corrected chi connectivity index (χ4v) is 3.93. The van der Waals surface area contributed by atoms with Crippen LogP contribution in [0.3, 0.4) is 0 Å². The molecule has 0 aromatic heterocycles. The van der Waals surface area contributed by atoms with E-state index in [0.29, 0.717) is 12.6 Å². The summed E-state index contributed by atoms with van der Waals surface area (Å²) >= 11 is 7.70. The first-order chi connectivity index (χ1) is 11.7. The number of para-hydroxylation sites is 1. The van der Waals surface area contributed by atoms with Crippen molar-refractivity contribution >= 4 is 35.3 Å². The van der Waals surface area contributed by atoms with Crippen LogP contribution in [0.15, 0.2) is 58.3 Å². The lowest BCUT2D eigenvalue weighted by Crippen LogP contribution is -2.39. The molecule has 0 atom stereocenters. The molecule has 1 N–H and O–H groups in total. The van der Waals surface area contributed by atoms with Crippen LogP contribution in [0.1, 0.15) is 12.8 Å². The number of anilines is 1. The number of benzene rings is 2. The fourth-order valence-electron chi connectivity index (χ4n) is 2.89. The van der Waals surface area contributed by atoms with E-state index < -0.39 is 0 Å². The maximum Gasteiger partial charge on any atom is 0.133 e. The Kier molecular flexibility index (Phi) is 6.18. The molecule has 24 heavy (non-hydrogen) atoms. The molecule has 1 aliphatic rings. The lowest BCUT2D eigenvalue weighted by atomic mass is 10.0. The Bertz CT molecular complexity index is 669. The van der Waals surface area contributed by atoms with E-state index in [4.69, 9.17) is 11.6 Å². The van der Waals surface area contributed by atoms with E-state index in [2.05, 4.69) is 34.5 Å². The van der Waals surface area contributed by atoms with Crippen molar-refractivity contribution < 1.29 is 4.79 Å². The Balaban J connectivity index is 1.64. The van der Waals surface area contributed by atoms with E-state index >= 15 is 0 Å². The molecule has 0 bridgehead atoms. The summed E-state index contributed by atoms with van der Waals surface area (Å²) in [5.74, 6) is 0. The van der Waals surface area contributed by atoms with Gasteiger partial charge in [0, 0.05) is 39.6 Å². The lowest BCUT2D eigenvalue weighted by molar-refractivity contribution is -0.109. The quantitative estimate of drug-likeness (QED) is 0.765. The van der Waals surface area contributed by atoms with Gasteiger partial charge in [-0.1, -0.05) is 35.5 Å². The summed E-state index contributed by atoms with van der Waals surface area (Å²) in [4.78, 5) is 15.2. The predicted molar refractivity (Wildman–Crippen MR) is 101 cm³/mol. The van der Waals surface area contributed by atoms with Crippen LogP contribution in [-0.4, -0.2) is 36.9 Å². The molecule has 126 valence electrons. The van der Waals surface area contributed by atoms with Gasteiger partial charge >= 0.3 is 0 Å². The van der Waals surface area contributed by atoms with Gasteiger partial charge in [0.15, 0.2) is 0 Å². The van der Waals surface area contributed by atoms with Crippen LogP contribution < -0.4 is 5.32 Å². The van der Waals surface area contributed by atoms with Crippen LogP contribution in [-0.2, 0) is 4.79 Å². The third-order valence-electron chi connectivity index (χ3n) is 4.21. The molecule has 0 unspecified atom stereocenters. The van der Waals surface area contributed by atoms with Crippen LogP contribution in [0.25, 0.3) is 0 Å². The maximum atomic E-state index is 10.6. The fraction of sp³-hybridized carbons (Fsp3) is 0.316. The van der Waals surface area contributed by atoms with Gasteiger partial charge < -0.3 is 10.1 Å². The number of carbonyl (C=O) groups excluding carboxylic acids is 1. The summed E-state index contributed by atoms with van der Waals surface area (Å²) in [6.07, 6.45) is 3.12. The van der Waals surface area contributed by atoms with E-state index in [1.54, 1.807) is 11.8 Å². The van der Waals surface area contributed by atoms with E-state index in [-0.39, 0.29) is 0 Å². The zero-order valence-electron chi connectivity index (χ0n) is 13.5. The zero-order valence-corrected chi connectivity index (χ0v) is 15.0. The van der Waals surface area contributed by atoms with Crippen molar-refractivity contribution in [2.24, 2.45) is 0 Å². The standard InChI is InChI=1S/C19H21ClN2OS/c20-15-5-7-17(8-6-15)24-19-4-2-1-3-18(19)21-16-9-11-22(12-10-16)13-14-23/h1-8,14,16,21H,9-13H2. The molecule has 1 fully saturated rings. The molecule has 2 aromatic carbocycles. The first-order valence-electron chi connectivity index (χ1n) is 8.19. The maximum absolute atomic E-state index is 10.6. The SMILES string of the molecule is O=CCN1CCC(Nc2ccccc2Sc2ccc(Cl)cc2)CC1. The summed E-state index contributed by atoms with van der Waals surface area (Å²) in [5.41, 5.74) is 1.17. The van der Waals surface area contributed by atoms with Gasteiger partial charge in [0.05, 0.1) is 6.54 Å². The van der Waals surface area contributed by atoms with Crippen molar-refractivity contribution in [2.45, 2.75) is 28.7 Å². The highest BCUT2D eigenvalue weighted by molar-refractivity contribution is 7.99. The number of rotatable bonds is 6. The van der Waals surface area contributed by atoms with Crippen LogP contribution in [0.2, 0.25) is 5.02 Å².